The van der Waals surface area contributed by atoms with Gasteiger partial charge in [0.05, 0.1) is 18.0 Å². The molecule has 0 unspecified atom stereocenters. The topological polar surface area (TPSA) is 88.0 Å². The Morgan fingerprint density at radius 3 is 2.40 bits per heavy atom. The zero-order valence-electron chi connectivity index (χ0n) is 21.9. The van der Waals surface area contributed by atoms with Gasteiger partial charge in [-0.1, -0.05) is 6.92 Å². The molecule has 0 bridgehead atoms. The monoisotopic (exact) mass is 489 g/mol. The van der Waals surface area contributed by atoms with E-state index in [1.165, 1.54) is 4.68 Å². The number of aryl methyl sites for hydroxylation is 1. The number of amides is 2. The van der Waals surface area contributed by atoms with Crippen LogP contribution in [0.1, 0.15) is 66.2 Å². The molecule has 2 aliphatic heterocycles. The lowest BCUT2D eigenvalue weighted by Gasteiger charge is -2.41. The molecule has 0 aliphatic carbocycles. The minimum atomic E-state index is -0.0748. The lowest BCUT2D eigenvalue weighted by Crippen LogP contribution is -2.51. The number of rotatable bonds is 10. The Bertz CT molecular complexity index is 886. The molecule has 1 aromatic heterocycles. The highest BCUT2D eigenvalue weighted by atomic mass is 16.5. The third kappa shape index (κ3) is 7.53. The minimum Gasteiger partial charge on any atom is -0.379 e. The molecule has 35 heavy (non-hydrogen) atoms. The van der Waals surface area contributed by atoms with Crippen molar-refractivity contribution in [2.45, 2.75) is 84.9 Å². The molecule has 3 rings (SSSR count). The van der Waals surface area contributed by atoms with E-state index in [2.05, 4.69) is 14.9 Å². The van der Waals surface area contributed by atoms with E-state index >= 15 is 0 Å². The highest BCUT2D eigenvalue weighted by Crippen LogP contribution is 2.26. The van der Waals surface area contributed by atoms with Gasteiger partial charge in [0.15, 0.2) is 0 Å². The number of piperidine rings is 2. The molecule has 3 heterocycles. The van der Waals surface area contributed by atoms with Gasteiger partial charge in [0.25, 0.3) is 5.56 Å². The summed E-state index contributed by atoms with van der Waals surface area (Å²) in [6, 6.07) is 1.83. The third-order valence-corrected chi connectivity index (χ3v) is 7.13. The average molecular weight is 490 g/mol. The van der Waals surface area contributed by atoms with Crippen LogP contribution < -0.4 is 10.5 Å². The van der Waals surface area contributed by atoms with Crippen molar-refractivity contribution < 1.29 is 14.3 Å². The van der Waals surface area contributed by atoms with Crippen LogP contribution in [0.4, 0.5) is 5.69 Å². The molecule has 2 amide bonds. The van der Waals surface area contributed by atoms with E-state index in [9.17, 15) is 14.4 Å². The van der Waals surface area contributed by atoms with Crippen molar-refractivity contribution in [3.05, 3.63) is 22.6 Å². The van der Waals surface area contributed by atoms with Gasteiger partial charge in [0.1, 0.15) is 0 Å². The first kappa shape index (κ1) is 27.2. The molecule has 1 aromatic rings. The maximum Gasteiger partial charge on any atom is 0.268 e. The Balaban J connectivity index is 1.60. The van der Waals surface area contributed by atoms with Crippen molar-refractivity contribution in [2.75, 3.05) is 44.2 Å². The molecule has 0 atom stereocenters. The summed E-state index contributed by atoms with van der Waals surface area (Å²) in [4.78, 5) is 43.9. The number of hydrogen-bond donors (Lipinski definition) is 0. The highest BCUT2D eigenvalue weighted by molar-refractivity contribution is 5.79. The van der Waals surface area contributed by atoms with Crippen molar-refractivity contribution in [3.8, 4) is 0 Å². The molecule has 0 aromatic carbocycles. The maximum absolute atomic E-state index is 13.7. The molecule has 2 fully saturated rings. The number of hydrogen-bond acceptors (Lipinski definition) is 6. The van der Waals surface area contributed by atoms with Gasteiger partial charge in [0, 0.05) is 70.8 Å². The largest absolute Gasteiger partial charge is 0.379 e. The number of ether oxygens (including phenoxy) is 1. The second-order valence-electron chi connectivity index (χ2n) is 10.1. The number of carbonyl (C=O) groups is 2. The summed E-state index contributed by atoms with van der Waals surface area (Å²) >= 11 is 0. The summed E-state index contributed by atoms with van der Waals surface area (Å²) in [5.74, 6) is 0.319. The van der Waals surface area contributed by atoms with Crippen molar-refractivity contribution in [2.24, 2.45) is 5.92 Å². The normalized spacial score (nSPS) is 17.7. The fraction of sp³-hybridized carbons (Fsp3) is 0.769. The van der Waals surface area contributed by atoms with Crippen molar-refractivity contribution in [3.63, 3.8) is 0 Å². The van der Waals surface area contributed by atoms with Gasteiger partial charge in [-0.3, -0.25) is 14.4 Å². The van der Waals surface area contributed by atoms with Crippen LogP contribution in [-0.2, 0) is 20.9 Å². The smallest absolute Gasteiger partial charge is 0.268 e. The third-order valence-electron chi connectivity index (χ3n) is 7.13. The molecule has 196 valence electrons. The Labute approximate surface area is 209 Å². The van der Waals surface area contributed by atoms with Gasteiger partial charge in [-0.05, 0) is 52.4 Å². The van der Waals surface area contributed by atoms with Crippen LogP contribution in [0.25, 0.3) is 0 Å². The second-order valence-corrected chi connectivity index (χ2v) is 10.1. The molecule has 2 aliphatic rings. The predicted molar refractivity (Wildman–Crippen MR) is 136 cm³/mol. The molecule has 0 N–H and O–H groups in total. The maximum atomic E-state index is 13.7. The molecule has 0 spiro atoms. The van der Waals surface area contributed by atoms with E-state index in [0.29, 0.717) is 32.8 Å². The Kier molecular flexibility index (Phi) is 10.1. The zero-order valence-corrected chi connectivity index (χ0v) is 21.9. The second kappa shape index (κ2) is 13.0. The quantitative estimate of drug-likeness (QED) is 0.470. The fourth-order valence-corrected chi connectivity index (χ4v) is 5.11. The summed E-state index contributed by atoms with van der Waals surface area (Å²) in [7, 11) is 0. The van der Waals surface area contributed by atoms with Gasteiger partial charge >= 0.3 is 0 Å². The molecular formula is C26H43N5O4. The van der Waals surface area contributed by atoms with Crippen LogP contribution in [0.5, 0.6) is 0 Å². The molecule has 9 nitrogen and oxygen atoms in total. The van der Waals surface area contributed by atoms with Crippen LogP contribution in [0.3, 0.4) is 0 Å². The van der Waals surface area contributed by atoms with E-state index in [1.54, 1.807) is 19.2 Å². The van der Waals surface area contributed by atoms with Gasteiger partial charge in [-0.15, -0.1) is 0 Å². The summed E-state index contributed by atoms with van der Waals surface area (Å²) in [5, 5.41) is 4.31. The Hall–Kier alpha value is -2.42. The lowest BCUT2D eigenvalue weighted by molar-refractivity contribution is -0.140. The summed E-state index contributed by atoms with van der Waals surface area (Å²) < 4.78 is 7.22. The molecule has 9 heteroatoms. The van der Waals surface area contributed by atoms with Crippen LogP contribution in [-0.4, -0.2) is 82.9 Å². The Morgan fingerprint density at radius 1 is 1.14 bits per heavy atom. The van der Waals surface area contributed by atoms with Crippen molar-refractivity contribution in [1.82, 2.24) is 19.6 Å². The van der Waals surface area contributed by atoms with Crippen molar-refractivity contribution in [1.29, 1.82) is 0 Å². The predicted octanol–water partition coefficient (Wildman–Crippen LogP) is 2.52. The van der Waals surface area contributed by atoms with E-state index in [4.69, 9.17) is 4.74 Å². The first-order valence-electron chi connectivity index (χ1n) is 13.3. The van der Waals surface area contributed by atoms with Crippen LogP contribution in [0, 0.1) is 5.92 Å². The van der Waals surface area contributed by atoms with Gasteiger partial charge in [0.2, 0.25) is 11.8 Å². The fourth-order valence-electron chi connectivity index (χ4n) is 5.11. The summed E-state index contributed by atoms with van der Waals surface area (Å²) in [6.45, 7) is 12.5. The molecular weight excluding hydrogens is 446 g/mol. The number of aromatic nitrogens is 2. The molecule has 2 saturated heterocycles. The van der Waals surface area contributed by atoms with Gasteiger partial charge in [-0.2, -0.15) is 5.10 Å². The summed E-state index contributed by atoms with van der Waals surface area (Å²) in [6.07, 6.45) is 6.82. The van der Waals surface area contributed by atoms with E-state index in [0.717, 1.165) is 57.3 Å². The average Bonchev–Trinajstić information content (AvgIpc) is 2.85. The Morgan fingerprint density at radius 2 is 1.83 bits per heavy atom. The molecule has 0 saturated carbocycles. The number of carbonyl (C=O) groups excluding carboxylic acids is 2. The van der Waals surface area contributed by atoms with Crippen LogP contribution >= 0.6 is 0 Å². The first-order valence-corrected chi connectivity index (χ1v) is 13.3. The van der Waals surface area contributed by atoms with Crippen molar-refractivity contribution >= 4 is 17.5 Å². The minimum absolute atomic E-state index is 0.0171. The summed E-state index contributed by atoms with van der Waals surface area (Å²) in [5.41, 5.74) is 0.766. The SMILES string of the molecule is CCCn1ncc(N2CCC(C(=O)N(CCCOC(C)C)C3CCN(C(C)=O)CC3)CC2)cc1=O. The van der Waals surface area contributed by atoms with Gasteiger partial charge in [-0.25, -0.2) is 4.68 Å². The highest BCUT2D eigenvalue weighted by Gasteiger charge is 2.34. The standard InChI is InChI=1S/C26H43N5O4/c1-5-11-31-25(33)18-24(19-27-31)29-13-7-22(8-14-29)26(34)30(12-6-17-35-20(2)3)23-9-15-28(16-10-23)21(4)32/h18-20,22-23H,5-17H2,1-4H3. The number of likely N-dealkylation sites (tertiary alicyclic amines) is 1. The number of anilines is 1. The van der Waals surface area contributed by atoms with Crippen LogP contribution in [0.2, 0.25) is 0 Å². The van der Waals surface area contributed by atoms with Gasteiger partial charge < -0.3 is 19.4 Å². The lowest BCUT2D eigenvalue weighted by atomic mass is 9.93. The zero-order chi connectivity index (χ0) is 25.4. The molecule has 0 radical (unpaired) electrons. The number of nitrogens with zero attached hydrogens (tertiary/aromatic N) is 5. The van der Waals surface area contributed by atoms with E-state index < -0.39 is 0 Å². The van der Waals surface area contributed by atoms with Crippen LogP contribution in [0.15, 0.2) is 17.1 Å². The van der Waals surface area contributed by atoms with E-state index in [1.807, 2.05) is 25.7 Å². The first-order chi connectivity index (χ1) is 16.8. The van der Waals surface area contributed by atoms with E-state index in [-0.39, 0.29) is 35.4 Å².